The molecule has 0 radical (unpaired) electrons. The highest BCUT2D eigenvalue weighted by atomic mass is 32.2. The lowest BCUT2D eigenvalue weighted by molar-refractivity contribution is -0.152. The van der Waals surface area contributed by atoms with Crippen LogP contribution in [0.3, 0.4) is 0 Å². The summed E-state index contributed by atoms with van der Waals surface area (Å²) < 4.78 is 30.4. The predicted molar refractivity (Wildman–Crippen MR) is 69.0 cm³/mol. The highest BCUT2D eigenvalue weighted by Gasteiger charge is 2.20. The first-order valence-electron chi connectivity index (χ1n) is 5.78. The minimum atomic E-state index is -3.74. The molecule has 0 aliphatic rings. The summed E-state index contributed by atoms with van der Waals surface area (Å²) in [5.74, 6) is -0.853. The Labute approximate surface area is 112 Å². The highest BCUT2D eigenvalue weighted by Crippen LogP contribution is 2.09. The number of carbonyl (C=O) groups is 1. The second-order valence-corrected chi connectivity index (χ2v) is 5.70. The lowest BCUT2D eigenvalue weighted by Crippen LogP contribution is -2.37. The van der Waals surface area contributed by atoms with Crippen molar-refractivity contribution >= 4 is 16.0 Å². The van der Waals surface area contributed by atoms with Crippen molar-refractivity contribution in [2.24, 2.45) is 0 Å². The first-order chi connectivity index (χ1) is 8.86. The highest BCUT2D eigenvalue weighted by molar-refractivity contribution is 7.89. The number of aliphatic hydroxyl groups is 1. The molecule has 1 atom stereocenters. The molecule has 0 saturated carbocycles. The number of esters is 1. The van der Waals surface area contributed by atoms with Crippen LogP contribution in [0.1, 0.15) is 12.5 Å². The molecular formula is C12H17NO5S. The summed E-state index contributed by atoms with van der Waals surface area (Å²) in [5, 5.41) is 9.40. The number of rotatable bonds is 6. The number of sulfonamides is 1. The molecule has 0 aliphatic heterocycles. The zero-order valence-electron chi connectivity index (χ0n) is 10.8. The van der Waals surface area contributed by atoms with Crippen molar-refractivity contribution in [3.05, 3.63) is 29.8 Å². The van der Waals surface area contributed by atoms with Crippen LogP contribution in [0.15, 0.2) is 29.2 Å². The Morgan fingerprint density at radius 2 is 1.95 bits per heavy atom. The van der Waals surface area contributed by atoms with Crippen molar-refractivity contribution in [3.63, 3.8) is 0 Å². The van der Waals surface area contributed by atoms with Crippen LogP contribution in [0.2, 0.25) is 0 Å². The van der Waals surface area contributed by atoms with Crippen LogP contribution in [0.4, 0.5) is 0 Å². The van der Waals surface area contributed by atoms with Gasteiger partial charge in [0.15, 0.2) is 6.10 Å². The van der Waals surface area contributed by atoms with Gasteiger partial charge in [0, 0.05) is 6.54 Å². The maximum atomic E-state index is 11.9. The van der Waals surface area contributed by atoms with Gasteiger partial charge in [0.2, 0.25) is 10.0 Å². The van der Waals surface area contributed by atoms with Crippen molar-refractivity contribution in [3.8, 4) is 0 Å². The van der Waals surface area contributed by atoms with E-state index in [1.807, 2.05) is 6.92 Å². The van der Waals surface area contributed by atoms with Crippen molar-refractivity contribution in [1.82, 2.24) is 4.72 Å². The molecule has 0 aromatic heterocycles. The van der Waals surface area contributed by atoms with E-state index in [1.165, 1.54) is 12.1 Å². The van der Waals surface area contributed by atoms with Crippen molar-refractivity contribution in [1.29, 1.82) is 0 Å². The maximum Gasteiger partial charge on any atom is 0.336 e. The largest absolute Gasteiger partial charge is 0.464 e. The van der Waals surface area contributed by atoms with Gasteiger partial charge in [-0.05, 0) is 26.0 Å². The van der Waals surface area contributed by atoms with E-state index in [-0.39, 0.29) is 11.5 Å². The van der Waals surface area contributed by atoms with E-state index >= 15 is 0 Å². The maximum absolute atomic E-state index is 11.9. The molecule has 1 rings (SSSR count). The Bertz CT molecular complexity index is 524. The molecule has 1 aromatic carbocycles. The molecule has 0 spiro atoms. The fourth-order valence-electron chi connectivity index (χ4n) is 1.31. The Kier molecular flexibility index (Phi) is 5.46. The van der Waals surface area contributed by atoms with Gasteiger partial charge < -0.3 is 9.84 Å². The Morgan fingerprint density at radius 3 is 2.47 bits per heavy atom. The molecule has 19 heavy (non-hydrogen) atoms. The summed E-state index contributed by atoms with van der Waals surface area (Å²) in [7, 11) is -3.74. The molecule has 7 heteroatoms. The minimum absolute atomic E-state index is 0.0779. The van der Waals surface area contributed by atoms with Crippen LogP contribution in [-0.2, 0) is 19.6 Å². The van der Waals surface area contributed by atoms with Crippen molar-refractivity contribution in [2.45, 2.75) is 24.8 Å². The molecule has 0 bridgehead atoms. The van der Waals surface area contributed by atoms with Crippen LogP contribution in [-0.4, -0.2) is 38.7 Å². The normalized spacial score (nSPS) is 13.0. The molecule has 0 unspecified atom stereocenters. The third-order valence-corrected chi connectivity index (χ3v) is 3.80. The minimum Gasteiger partial charge on any atom is -0.464 e. The smallest absolute Gasteiger partial charge is 0.336 e. The monoisotopic (exact) mass is 287 g/mol. The number of carbonyl (C=O) groups excluding carboxylic acids is 1. The lowest BCUT2D eigenvalue weighted by atomic mass is 10.2. The van der Waals surface area contributed by atoms with Gasteiger partial charge in [0.25, 0.3) is 0 Å². The summed E-state index contributed by atoms with van der Waals surface area (Å²) in [4.78, 5) is 11.2. The average Bonchev–Trinajstić information content (AvgIpc) is 2.37. The molecule has 106 valence electrons. The van der Waals surface area contributed by atoms with Crippen LogP contribution < -0.4 is 4.72 Å². The summed E-state index contributed by atoms with van der Waals surface area (Å²) in [6.07, 6.45) is -1.51. The van der Waals surface area contributed by atoms with Crippen LogP contribution in [0.5, 0.6) is 0 Å². The summed E-state index contributed by atoms with van der Waals surface area (Å²) >= 11 is 0. The Balaban J connectivity index is 2.66. The Hall–Kier alpha value is -1.44. The fourth-order valence-corrected chi connectivity index (χ4v) is 2.35. The fraction of sp³-hybridized carbons (Fsp3) is 0.417. The van der Waals surface area contributed by atoms with E-state index in [0.29, 0.717) is 0 Å². The second-order valence-electron chi connectivity index (χ2n) is 3.93. The molecule has 0 amide bonds. The van der Waals surface area contributed by atoms with E-state index in [9.17, 15) is 18.3 Å². The van der Waals surface area contributed by atoms with E-state index in [1.54, 1.807) is 19.1 Å². The second kappa shape index (κ2) is 6.65. The number of ether oxygens (including phenoxy) is 1. The van der Waals surface area contributed by atoms with Gasteiger partial charge in [-0.1, -0.05) is 17.7 Å². The van der Waals surface area contributed by atoms with E-state index < -0.39 is 28.6 Å². The van der Waals surface area contributed by atoms with Crippen LogP contribution in [0.25, 0.3) is 0 Å². The zero-order valence-corrected chi connectivity index (χ0v) is 11.6. The molecule has 0 aliphatic carbocycles. The molecule has 0 heterocycles. The first-order valence-corrected chi connectivity index (χ1v) is 7.26. The van der Waals surface area contributed by atoms with E-state index in [2.05, 4.69) is 9.46 Å². The number of aryl methyl sites for hydroxylation is 1. The van der Waals surface area contributed by atoms with Gasteiger partial charge in [-0.15, -0.1) is 0 Å². The summed E-state index contributed by atoms with van der Waals surface area (Å²) in [6.45, 7) is 3.14. The zero-order chi connectivity index (χ0) is 14.5. The topological polar surface area (TPSA) is 92.7 Å². The Morgan fingerprint density at radius 1 is 1.37 bits per heavy atom. The first kappa shape index (κ1) is 15.6. The standard InChI is InChI=1S/C12H17NO5S/c1-3-18-12(15)11(14)8-13-19(16,17)10-6-4-9(2)5-7-10/h4-7,11,13-14H,3,8H2,1-2H3/t11-/m1/s1. The number of nitrogens with one attached hydrogen (secondary N) is 1. The van der Waals surface area contributed by atoms with Gasteiger partial charge in [0.05, 0.1) is 11.5 Å². The van der Waals surface area contributed by atoms with Gasteiger partial charge in [0.1, 0.15) is 0 Å². The third kappa shape index (κ3) is 4.62. The molecule has 2 N–H and O–H groups in total. The number of hydrogen-bond donors (Lipinski definition) is 2. The number of hydrogen-bond acceptors (Lipinski definition) is 5. The van der Waals surface area contributed by atoms with E-state index in [0.717, 1.165) is 5.56 Å². The molecule has 6 nitrogen and oxygen atoms in total. The molecule has 0 fully saturated rings. The van der Waals surface area contributed by atoms with Crippen molar-refractivity contribution in [2.75, 3.05) is 13.2 Å². The SMILES string of the molecule is CCOC(=O)[C@H](O)CNS(=O)(=O)c1ccc(C)cc1. The number of aliphatic hydroxyl groups excluding tert-OH is 1. The van der Waals surface area contributed by atoms with Crippen molar-refractivity contribution < 1.29 is 23.1 Å². The van der Waals surface area contributed by atoms with E-state index in [4.69, 9.17) is 0 Å². The third-order valence-electron chi connectivity index (χ3n) is 2.36. The molecule has 1 aromatic rings. The average molecular weight is 287 g/mol. The number of benzene rings is 1. The van der Waals surface area contributed by atoms with Gasteiger partial charge in [-0.25, -0.2) is 17.9 Å². The van der Waals surface area contributed by atoms with Crippen LogP contribution in [0, 0.1) is 6.92 Å². The lowest BCUT2D eigenvalue weighted by Gasteiger charge is -2.11. The quantitative estimate of drug-likeness (QED) is 0.729. The summed E-state index contributed by atoms with van der Waals surface area (Å²) in [5.41, 5.74) is 0.936. The molecular weight excluding hydrogens is 270 g/mol. The molecule has 0 saturated heterocycles. The van der Waals surface area contributed by atoms with Gasteiger partial charge in [-0.3, -0.25) is 0 Å². The predicted octanol–water partition coefficient (Wildman–Crippen LogP) is 0.197. The van der Waals surface area contributed by atoms with Crippen LogP contribution >= 0.6 is 0 Å². The van der Waals surface area contributed by atoms with Gasteiger partial charge >= 0.3 is 5.97 Å². The summed E-state index contributed by atoms with van der Waals surface area (Å²) in [6, 6.07) is 6.23. The van der Waals surface area contributed by atoms with Gasteiger partial charge in [-0.2, -0.15) is 0 Å².